The Hall–Kier alpha value is -2.48. The van der Waals surface area contributed by atoms with E-state index in [1.807, 2.05) is 0 Å². The van der Waals surface area contributed by atoms with Crippen LogP contribution in [0, 0.1) is 0 Å². The zero-order valence-electron chi connectivity index (χ0n) is 27.5. The topological polar surface area (TPSA) is 112 Å². The molecule has 11 nitrogen and oxygen atoms in total. The number of hydrogen-bond acceptors (Lipinski definition) is 11. The van der Waals surface area contributed by atoms with Crippen molar-refractivity contribution in [3.63, 3.8) is 0 Å². The van der Waals surface area contributed by atoms with Crippen molar-refractivity contribution in [3.05, 3.63) is 48.5 Å². The van der Waals surface area contributed by atoms with Gasteiger partial charge in [0.25, 0.3) is 0 Å². The molecule has 11 heteroatoms. The summed E-state index contributed by atoms with van der Waals surface area (Å²) in [5.74, 6) is 1.68. The molecule has 2 aliphatic rings. The van der Waals surface area contributed by atoms with Crippen LogP contribution in [0.2, 0.25) is 0 Å². The van der Waals surface area contributed by atoms with Crippen molar-refractivity contribution < 1.29 is 4.74 Å². The Morgan fingerprint density at radius 3 is 0.844 bits per heavy atom. The average Bonchev–Trinajstić information content (AvgIpc) is 3.06. The van der Waals surface area contributed by atoms with E-state index < -0.39 is 0 Å². The summed E-state index contributed by atoms with van der Waals surface area (Å²) in [6, 6.07) is 16.9. The summed E-state index contributed by atoms with van der Waals surface area (Å²) in [5, 5.41) is 28.6. The van der Waals surface area contributed by atoms with Crippen molar-refractivity contribution in [2.75, 3.05) is 115 Å². The van der Waals surface area contributed by atoms with Crippen LogP contribution in [-0.4, -0.2) is 105 Å². The van der Waals surface area contributed by atoms with Crippen LogP contribution >= 0.6 is 0 Å². The minimum Gasteiger partial charge on any atom is -0.457 e. The molecule has 252 valence electrons. The van der Waals surface area contributed by atoms with Crippen LogP contribution in [0.15, 0.2) is 48.5 Å². The highest BCUT2D eigenvalue weighted by Gasteiger charge is 2.09. The molecule has 0 amide bonds. The van der Waals surface area contributed by atoms with Gasteiger partial charge in [-0.2, -0.15) is 0 Å². The van der Waals surface area contributed by atoms with Gasteiger partial charge in [0.15, 0.2) is 0 Å². The van der Waals surface area contributed by atoms with Crippen LogP contribution in [0.3, 0.4) is 0 Å². The van der Waals surface area contributed by atoms with Gasteiger partial charge in [-0.3, -0.25) is 21.3 Å². The lowest BCUT2D eigenvalue weighted by atomic mass is 10.2. The molecule has 0 spiro atoms. The van der Waals surface area contributed by atoms with Crippen molar-refractivity contribution in [3.8, 4) is 11.5 Å². The van der Waals surface area contributed by atoms with Crippen molar-refractivity contribution in [2.24, 2.45) is 0 Å². The number of rotatable bonds is 4. The Balaban J connectivity index is 1.28. The predicted octanol–water partition coefficient (Wildman–Crippen LogP) is 2.01. The maximum atomic E-state index is 6.25. The van der Waals surface area contributed by atoms with Crippen molar-refractivity contribution >= 4 is 11.4 Å². The third kappa shape index (κ3) is 15.1. The van der Waals surface area contributed by atoms with E-state index in [0.717, 1.165) is 142 Å². The number of nitrogens with one attached hydrogen (secondary N) is 8. The van der Waals surface area contributed by atoms with Gasteiger partial charge in [0.1, 0.15) is 11.5 Å². The highest BCUT2D eigenvalue weighted by atomic mass is 16.5. The van der Waals surface area contributed by atoms with Crippen LogP contribution in [0.4, 0.5) is 11.4 Å². The number of anilines is 2. The van der Waals surface area contributed by atoms with Gasteiger partial charge in [-0.1, -0.05) is 0 Å². The quantitative estimate of drug-likeness (QED) is 0.256. The summed E-state index contributed by atoms with van der Waals surface area (Å²) in [6.07, 6.45) is 6.87. The summed E-state index contributed by atoms with van der Waals surface area (Å²) in [5.41, 5.74) is 2.35. The second-order valence-corrected chi connectivity index (χ2v) is 11.9. The lowest BCUT2D eigenvalue weighted by Crippen LogP contribution is -2.42. The first-order valence-electron chi connectivity index (χ1n) is 17.4. The molecular formula is C34H60N10O. The molecule has 4 rings (SSSR count). The average molecular weight is 625 g/mol. The summed E-state index contributed by atoms with van der Waals surface area (Å²) in [4.78, 5) is 4.70. The molecular weight excluding hydrogens is 564 g/mol. The van der Waals surface area contributed by atoms with Gasteiger partial charge in [-0.25, -0.2) is 0 Å². The standard InChI is InChI=1S/C34H60N10O/c1-15-35-19-3-23-39-27-43(28-40-24-4-20-36-16-1)31-7-11-33(12-8-31)45-34-13-9-32(10-14-34)44-29-41-25-5-21-37-17-2-18-38-22-6-26-42-30-44/h7-14,35-42H,1-6,15-30H2. The number of ether oxygens (including phenoxy) is 1. The second kappa shape index (κ2) is 22.9. The number of hydrogen-bond donors (Lipinski definition) is 8. The molecule has 0 atom stereocenters. The van der Waals surface area contributed by atoms with Gasteiger partial charge < -0.3 is 35.8 Å². The SMILES string of the molecule is c1cc(N2CNCCCNCCCNCCCNC2)ccc1Oc1ccc(N2CNCCCNCCCNCCCNC2)cc1. The molecule has 45 heavy (non-hydrogen) atoms. The van der Waals surface area contributed by atoms with E-state index in [4.69, 9.17) is 4.74 Å². The zero-order valence-corrected chi connectivity index (χ0v) is 27.5. The van der Waals surface area contributed by atoms with E-state index in [-0.39, 0.29) is 0 Å². The Kier molecular flexibility index (Phi) is 18.0. The Bertz CT molecular complexity index is 882. The molecule has 2 aromatic carbocycles. The molecule has 2 fully saturated rings. The molecule has 0 aromatic heterocycles. The van der Waals surface area contributed by atoms with Gasteiger partial charge in [0, 0.05) is 11.4 Å². The van der Waals surface area contributed by atoms with Gasteiger partial charge in [-0.05, 0) is 166 Å². The van der Waals surface area contributed by atoms with E-state index in [1.165, 1.54) is 24.2 Å². The minimum absolute atomic E-state index is 0.806. The van der Waals surface area contributed by atoms with E-state index in [2.05, 4.69) is 101 Å². The Morgan fingerprint density at radius 2 is 0.578 bits per heavy atom. The maximum absolute atomic E-state index is 6.25. The first-order valence-corrected chi connectivity index (χ1v) is 17.4. The van der Waals surface area contributed by atoms with Gasteiger partial charge in [0.05, 0.1) is 26.7 Å². The fraction of sp³-hybridized carbons (Fsp3) is 0.647. The predicted molar refractivity (Wildman–Crippen MR) is 189 cm³/mol. The third-order valence-corrected chi connectivity index (χ3v) is 8.09. The first kappa shape index (κ1) is 35.4. The van der Waals surface area contributed by atoms with E-state index in [0.29, 0.717) is 0 Å². The molecule has 2 aliphatic heterocycles. The van der Waals surface area contributed by atoms with Gasteiger partial charge in [-0.15, -0.1) is 0 Å². The molecule has 2 heterocycles. The molecule has 0 unspecified atom stereocenters. The maximum Gasteiger partial charge on any atom is 0.127 e. The van der Waals surface area contributed by atoms with Crippen LogP contribution in [0.5, 0.6) is 11.5 Å². The molecule has 0 bridgehead atoms. The molecule has 8 N–H and O–H groups in total. The largest absolute Gasteiger partial charge is 0.457 e. The van der Waals surface area contributed by atoms with Crippen LogP contribution < -0.4 is 57.1 Å². The number of nitrogens with zero attached hydrogens (tertiary/aromatic N) is 2. The van der Waals surface area contributed by atoms with Crippen molar-refractivity contribution in [1.29, 1.82) is 0 Å². The first-order chi connectivity index (χ1) is 22.4. The van der Waals surface area contributed by atoms with Crippen LogP contribution in [0.25, 0.3) is 0 Å². The fourth-order valence-corrected chi connectivity index (χ4v) is 5.45. The fourth-order valence-electron chi connectivity index (χ4n) is 5.45. The van der Waals surface area contributed by atoms with Gasteiger partial charge in [0.2, 0.25) is 0 Å². The van der Waals surface area contributed by atoms with Crippen LogP contribution in [0.1, 0.15) is 38.5 Å². The van der Waals surface area contributed by atoms with E-state index in [1.54, 1.807) is 0 Å². The van der Waals surface area contributed by atoms with E-state index >= 15 is 0 Å². The molecule has 0 aliphatic carbocycles. The lowest BCUT2D eigenvalue weighted by Gasteiger charge is -2.26. The van der Waals surface area contributed by atoms with Crippen LogP contribution in [-0.2, 0) is 0 Å². The third-order valence-electron chi connectivity index (χ3n) is 8.09. The highest BCUT2D eigenvalue weighted by Crippen LogP contribution is 2.26. The summed E-state index contributed by atoms with van der Waals surface area (Å²) in [7, 11) is 0. The minimum atomic E-state index is 0.806. The normalized spacial score (nSPS) is 20.8. The smallest absolute Gasteiger partial charge is 0.127 e. The summed E-state index contributed by atoms with van der Waals surface area (Å²) >= 11 is 0. The lowest BCUT2D eigenvalue weighted by molar-refractivity contribution is 0.482. The molecule has 0 saturated carbocycles. The summed E-state index contributed by atoms with van der Waals surface area (Å²) in [6.45, 7) is 15.8. The Labute approximate surface area is 272 Å². The second-order valence-electron chi connectivity index (χ2n) is 11.9. The van der Waals surface area contributed by atoms with Crippen molar-refractivity contribution in [2.45, 2.75) is 38.5 Å². The number of benzene rings is 2. The molecule has 2 saturated heterocycles. The zero-order chi connectivity index (χ0) is 31.0. The van der Waals surface area contributed by atoms with E-state index in [9.17, 15) is 0 Å². The highest BCUT2D eigenvalue weighted by molar-refractivity contribution is 5.51. The molecule has 0 radical (unpaired) electrons. The molecule has 2 aromatic rings. The Morgan fingerprint density at radius 1 is 0.333 bits per heavy atom. The monoisotopic (exact) mass is 624 g/mol. The summed E-state index contributed by atoms with van der Waals surface area (Å²) < 4.78 is 6.25. The van der Waals surface area contributed by atoms with Gasteiger partial charge >= 0.3 is 0 Å². The van der Waals surface area contributed by atoms with Crippen molar-refractivity contribution in [1.82, 2.24) is 42.5 Å².